The first-order valence-corrected chi connectivity index (χ1v) is 7.77. The number of nitrogens with two attached hydrogens (primary N) is 1. The number of rotatable bonds is 5. The van der Waals surface area contributed by atoms with Crippen LogP contribution < -0.4 is 10.5 Å². The fourth-order valence-corrected chi connectivity index (χ4v) is 2.42. The third kappa shape index (κ3) is 4.40. The molecule has 104 valence electrons. The summed E-state index contributed by atoms with van der Waals surface area (Å²) in [4.78, 5) is 9.62. The molecule has 2 aromatic rings. The second-order valence-electron chi connectivity index (χ2n) is 3.73. The van der Waals surface area contributed by atoms with Crippen molar-refractivity contribution in [2.45, 2.75) is 13.5 Å². The normalized spacial score (nSPS) is 11.9. The minimum atomic E-state index is 0.433. The van der Waals surface area contributed by atoms with Crippen LogP contribution in [-0.4, -0.2) is 10.2 Å². The Morgan fingerprint density at radius 1 is 1.50 bits per heavy atom. The number of nitrogens with zero attached hydrogens (tertiary/aromatic N) is 2. The maximum Gasteiger partial charge on any atom is 0.197 e. The Hall–Kier alpha value is -1.79. The highest BCUT2D eigenvalue weighted by Crippen LogP contribution is 2.26. The zero-order valence-corrected chi connectivity index (χ0v) is 12.7. The van der Waals surface area contributed by atoms with E-state index in [0.717, 1.165) is 4.88 Å². The quantitative estimate of drug-likeness (QED) is 0.671. The highest BCUT2D eigenvalue weighted by atomic mass is 32.2. The number of ether oxygens (including phenoxy) is 1. The molecule has 2 rings (SSSR count). The first kappa shape index (κ1) is 14.6. The van der Waals surface area contributed by atoms with Crippen LogP contribution in [0.1, 0.15) is 11.8 Å². The van der Waals surface area contributed by atoms with Gasteiger partial charge in [0, 0.05) is 11.1 Å². The number of hydrogen-bond acceptors (Lipinski definition) is 5. The molecule has 6 heteroatoms. The molecule has 0 amide bonds. The number of allylic oxidation sites excluding steroid dienone is 1. The Labute approximate surface area is 126 Å². The SMILES string of the molecule is C/C=C/S/C(N)=N\c1ncccc1OCc1cccs1. The van der Waals surface area contributed by atoms with Gasteiger partial charge in [-0.3, -0.25) is 0 Å². The molecular formula is C14H15N3OS2. The first-order valence-electron chi connectivity index (χ1n) is 6.02. The van der Waals surface area contributed by atoms with Crippen LogP contribution in [0.15, 0.2) is 52.3 Å². The number of hydrogen-bond donors (Lipinski definition) is 1. The smallest absolute Gasteiger partial charge is 0.197 e. The summed E-state index contributed by atoms with van der Waals surface area (Å²) in [5.74, 6) is 1.13. The van der Waals surface area contributed by atoms with Gasteiger partial charge in [-0.1, -0.05) is 23.9 Å². The Morgan fingerprint density at radius 3 is 3.15 bits per heavy atom. The number of amidine groups is 1. The van der Waals surface area contributed by atoms with Crippen molar-refractivity contribution in [1.29, 1.82) is 0 Å². The summed E-state index contributed by atoms with van der Waals surface area (Å²) >= 11 is 3.00. The number of aromatic nitrogens is 1. The molecule has 2 N–H and O–H groups in total. The number of thiophene rings is 1. The summed E-state index contributed by atoms with van der Waals surface area (Å²) in [6, 6.07) is 7.68. The minimum absolute atomic E-state index is 0.433. The van der Waals surface area contributed by atoms with Crippen molar-refractivity contribution in [1.82, 2.24) is 4.98 Å². The predicted octanol–water partition coefficient (Wildman–Crippen LogP) is 3.94. The van der Waals surface area contributed by atoms with E-state index in [9.17, 15) is 0 Å². The fourth-order valence-electron chi connectivity index (χ4n) is 1.39. The van der Waals surface area contributed by atoms with Crippen molar-refractivity contribution in [3.05, 3.63) is 52.2 Å². The van der Waals surface area contributed by atoms with Crippen LogP contribution in [0.4, 0.5) is 5.82 Å². The lowest BCUT2D eigenvalue weighted by atomic mass is 10.4. The highest BCUT2D eigenvalue weighted by Gasteiger charge is 2.05. The van der Waals surface area contributed by atoms with Crippen LogP contribution in [-0.2, 0) is 6.61 Å². The molecule has 4 nitrogen and oxygen atoms in total. The monoisotopic (exact) mass is 305 g/mol. The predicted molar refractivity (Wildman–Crippen MR) is 86.6 cm³/mol. The minimum Gasteiger partial charge on any atom is -0.484 e. The topological polar surface area (TPSA) is 60.5 Å². The molecule has 0 radical (unpaired) electrons. The number of pyridine rings is 1. The fraction of sp³-hybridized carbons (Fsp3) is 0.143. The molecule has 0 atom stereocenters. The van der Waals surface area contributed by atoms with E-state index in [0.29, 0.717) is 23.3 Å². The van der Waals surface area contributed by atoms with Crippen LogP contribution in [0.5, 0.6) is 5.75 Å². The van der Waals surface area contributed by atoms with Gasteiger partial charge in [-0.05, 0) is 35.9 Å². The van der Waals surface area contributed by atoms with Gasteiger partial charge in [0.05, 0.1) is 0 Å². The molecule has 0 aliphatic carbocycles. The zero-order chi connectivity index (χ0) is 14.2. The molecular weight excluding hydrogens is 290 g/mol. The lowest BCUT2D eigenvalue weighted by Gasteiger charge is -2.07. The molecule has 0 unspecified atom stereocenters. The van der Waals surface area contributed by atoms with Crippen LogP contribution in [0, 0.1) is 0 Å². The maximum absolute atomic E-state index is 5.82. The zero-order valence-electron chi connectivity index (χ0n) is 11.0. The lowest BCUT2D eigenvalue weighted by molar-refractivity contribution is 0.310. The van der Waals surface area contributed by atoms with Crippen LogP contribution in [0.3, 0.4) is 0 Å². The van der Waals surface area contributed by atoms with Gasteiger partial charge in [0.15, 0.2) is 16.7 Å². The summed E-state index contributed by atoms with van der Waals surface area (Å²) in [6.45, 7) is 2.43. The van der Waals surface area contributed by atoms with Crippen LogP contribution in [0.2, 0.25) is 0 Å². The third-order valence-electron chi connectivity index (χ3n) is 2.24. The average molecular weight is 305 g/mol. The molecule has 20 heavy (non-hydrogen) atoms. The molecule has 0 aliphatic rings. The first-order chi connectivity index (χ1) is 9.79. The van der Waals surface area contributed by atoms with E-state index in [-0.39, 0.29) is 0 Å². The van der Waals surface area contributed by atoms with Crippen molar-refractivity contribution in [3.8, 4) is 5.75 Å². The van der Waals surface area contributed by atoms with Gasteiger partial charge in [0.25, 0.3) is 0 Å². The van der Waals surface area contributed by atoms with Crippen molar-refractivity contribution in [3.63, 3.8) is 0 Å². The van der Waals surface area contributed by atoms with E-state index in [2.05, 4.69) is 9.98 Å². The Balaban J connectivity index is 2.09. The number of aliphatic imine (C=N–C) groups is 1. The molecule has 0 saturated carbocycles. The molecule has 2 heterocycles. The van der Waals surface area contributed by atoms with Gasteiger partial charge in [-0.25, -0.2) is 9.98 Å². The number of thioether (sulfide) groups is 1. The largest absolute Gasteiger partial charge is 0.484 e. The lowest BCUT2D eigenvalue weighted by Crippen LogP contribution is -2.05. The van der Waals surface area contributed by atoms with Gasteiger partial charge >= 0.3 is 0 Å². The third-order valence-corrected chi connectivity index (χ3v) is 3.83. The van der Waals surface area contributed by atoms with Gasteiger partial charge < -0.3 is 10.5 Å². The van der Waals surface area contributed by atoms with E-state index in [1.165, 1.54) is 11.8 Å². The van der Waals surface area contributed by atoms with Gasteiger partial charge in [0.2, 0.25) is 0 Å². The summed E-state index contributed by atoms with van der Waals surface area (Å²) in [5.41, 5.74) is 5.82. The van der Waals surface area contributed by atoms with Gasteiger partial charge in [-0.15, -0.1) is 11.3 Å². The summed E-state index contributed by atoms with van der Waals surface area (Å²) < 4.78 is 5.74. The van der Waals surface area contributed by atoms with Crippen LogP contribution in [0.25, 0.3) is 0 Å². The van der Waals surface area contributed by atoms with E-state index in [1.807, 2.05) is 48.1 Å². The molecule has 0 aromatic carbocycles. The van der Waals surface area contributed by atoms with Crippen molar-refractivity contribution in [2.75, 3.05) is 0 Å². The van der Waals surface area contributed by atoms with Crippen molar-refractivity contribution < 1.29 is 4.74 Å². The molecule has 0 saturated heterocycles. The molecule has 0 spiro atoms. The summed E-state index contributed by atoms with van der Waals surface area (Å²) in [5, 5.41) is 4.32. The summed E-state index contributed by atoms with van der Waals surface area (Å²) in [7, 11) is 0. The highest BCUT2D eigenvalue weighted by molar-refractivity contribution is 8.16. The Kier molecular flexibility index (Phi) is 5.64. The van der Waals surface area contributed by atoms with Gasteiger partial charge in [-0.2, -0.15) is 0 Å². The van der Waals surface area contributed by atoms with Crippen molar-refractivity contribution >= 4 is 34.1 Å². The van der Waals surface area contributed by atoms with E-state index in [1.54, 1.807) is 17.5 Å². The average Bonchev–Trinajstić information content (AvgIpc) is 2.97. The molecule has 0 fully saturated rings. The van der Waals surface area contributed by atoms with E-state index < -0.39 is 0 Å². The maximum atomic E-state index is 5.82. The Morgan fingerprint density at radius 2 is 2.40 bits per heavy atom. The van der Waals surface area contributed by atoms with Gasteiger partial charge in [0.1, 0.15) is 6.61 Å². The summed E-state index contributed by atoms with van der Waals surface area (Å²) in [6.07, 6.45) is 3.57. The second-order valence-corrected chi connectivity index (χ2v) is 5.69. The molecule has 2 aromatic heterocycles. The molecule has 0 bridgehead atoms. The standard InChI is InChI=1S/C14H15N3OS2/c1-2-8-20-14(15)17-13-12(6-3-7-16-13)18-10-11-5-4-9-19-11/h2-9H,10H2,1H3,(H2,15,16,17)/b8-2+. The van der Waals surface area contributed by atoms with E-state index >= 15 is 0 Å². The Bertz CT molecular complexity index is 594. The second kappa shape index (κ2) is 7.72. The van der Waals surface area contributed by atoms with Crippen LogP contribution >= 0.6 is 23.1 Å². The van der Waals surface area contributed by atoms with Crippen molar-refractivity contribution in [2.24, 2.45) is 10.7 Å². The molecule has 0 aliphatic heterocycles. The van der Waals surface area contributed by atoms with E-state index in [4.69, 9.17) is 10.5 Å².